The van der Waals surface area contributed by atoms with Gasteiger partial charge in [0.25, 0.3) is 0 Å². The van der Waals surface area contributed by atoms with E-state index < -0.39 is 7.60 Å². The quantitative estimate of drug-likeness (QED) is 0.435. The van der Waals surface area contributed by atoms with Crippen LogP contribution in [0.5, 0.6) is 11.5 Å². The van der Waals surface area contributed by atoms with Gasteiger partial charge in [-0.3, -0.25) is 0 Å². The van der Waals surface area contributed by atoms with Gasteiger partial charge in [0, 0.05) is 6.20 Å². The Balaban J connectivity index is 2.32. The predicted molar refractivity (Wildman–Crippen MR) is 109 cm³/mol. The van der Waals surface area contributed by atoms with E-state index in [1.54, 1.807) is 32.2 Å². The molecule has 1 aromatic carbocycles. The van der Waals surface area contributed by atoms with Gasteiger partial charge in [-0.05, 0) is 81.0 Å². The summed E-state index contributed by atoms with van der Waals surface area (Å²) >= 11 is 0. The molecule has 1 unspecified atom stereocenters. The number of hydrogen-bond acceptors (Lipinski definition) is 6. The number of benzene rings is 1. The van der Waals surface area contributed by atoms with Crippen molar-refractivity contribution < 1.29 is 18.8 Å². The number of aromatic nitrogens is 1. The molecule has 0 bridgehead atoms. The van der Waals surface area contributed by atoms with Gasteiger partial charge in [-0.25, -0.2) is 15.0 Å². The van der Waals surface area contributed by atoms with Crippen molar-refractivity contribution in [1.29, 1.82) is 0 Å². The molecule has 0 fully saturated rings. The average molecular weight is 392 g/mol. The number of phenolic OH excluding ortho intramolecular Hbond substituents is 1. The van der Waals surface area contributed by atoms with Crippen molar-refractivity contribution in [3.05, 3.63) is 46.6 Å². The highest BCUT2D eigenvalue weighted by Crippen LogP contribution is 2.55. The minimum atomic E-state index is -3.54. The first-order chi connectivity index (χ1) is 12.7. The minimum absolute atomic E-state index is 0.207. The van der Waals surface area contributed by atoms with Gasteiger partial charge in [0.2, 0.25) is 0 Å². The molecule has 2 aromatic rings. The number of phenols is 1. The van der Waals surface area contributed by atoms with E-state index in [1.807, 2.05) is 33.8 Å². The van der Waals surface area contributed by atoms with Crippen molar-refractivity contribution in [3.63, 3.8) is 0 Å². The third kappa shape index (κ3) is 4.82. The molecule has 0 spiro atoms. The van der Waals surface area contributed by atoms with E-state index >= 15 is 0 Å². The molecule has 1 atom stereocenters. The Morgan fingerprint density at radius 2 is 1.70 bits per heavy atom. The largest absolute Gasteiger partial charge is 0.507 e. The first-order valence-electron chi connectivity index (χ1n) is 9.18. The lowest BCUT2D eigenvalue weighted by molar-refractivity contribution is 0.302. The number of pyridine rings is 1. The van der Waals surface area contributed by atoms with Crippen LogP contribution >= 0.6 is 7.60 Å². The van der Waals surface area contributed by atoms with Crippen molar-refractivity contribution in [2.45, 2.75) is 60.0 Å². The van der Waals surface area contributed by atoms with Crippen LogP contribution in [0.25, 0.3) is 0 Å². The maximum Gasteiger partial charge on any atom is 0.403 e. The minimum Gasteiger partial charge on any atom is -0.507 e. The number of nitrogens with zero attached hydrogens (tertiary/aromatic N) is 1. The summed E-state index contributed by atoms with van der Waals surface area (Å²) in [6, 6.07) is 5.23. The highest BCUT2D eigenvalue weighted by molar-refractivity contribution is 7.55. The van der Waals surface area contributed by atoms with Crippen LogP contribution in [0.1, 0.15) is 48.9 Å². The molecule has 6 nitrogen and oxygen atoms in total. The molecule has 27 heavy (non-hydrogen) atoms. The van der Waals surface area contributed by atoms with Gasteiger partial charge in [-0.1, -0.05) is 13.8 Å². The van der Waals surface area contributed by atoms with E-state index in [4.69, 9.17) is 9.15 Å². The van der Waals surface area contributed by atoms with Gasteiger partial charge in [-0.15, -0.1) is 0 Å². The van der Waals surface area contributed by atoms with Crippen LogP contribution < -0.4 is 10.0 Å². The molecular formula is C20H29N2O4P. The Bertz CT molecular complexity index is 827. The Labute approximate surface area is 161 Å². The lowest BCUT2D eigenvalue weighted by Crippen LogP contribution is -2.17. The van der Waals surface area contributed by atoms with Crippen LogP contribution in [-0.2, 0) is 9.19 Å². The lowest BCUT2D eigenvalue weighted by atomic mass is 10.1. The standard InChI is InChI=1S/C20H29N2O4P/c1-7-18(8-2)27(24,25-17-11-14(4)19(23)15(5)12-17)26-22-20-16(6)13(3)9-10-21-20/h9-12,18,23H,7-8H2,1-6H3,(H,21,22). The van der Waals surface area contributed by atoms with E-state index in [2.05, 4.69) is 10.5 Å². The molecule has 0 saturated carbocycles. The summed E-state index contributed by atoms with van der Waals surface area (Å²) in [5, 5.41) is 9.96. The molecule has 0 aliphatic carbocycles. The van der Waals surface area contributed by atoms with E-state index in [1.165, 1.54) is 0 Å². The first kappa shape index (κ1) is 21.3. The zero-order valence-corrected chi connectivity index (χ0v) is 17.8. The Kier molecular flexibility index (Phi) is 6.90. The normalized spacial score (nSPS) is 13.4. The molecule has 0 amide bonds. The van der Waals surface area contributed by atoms with Crippen molar-refractivity contribution in [3.8, 4) is 11.5 Å². The van der Waals surface area contributed by atoms with Crippen LogP contribution in [0.2, 0.25) is 0 Å². The molecule has 0 radical (unpaired) electrons. The summed E-state index contributed by atoms with van der Waals surface area (Å²) < 4.78 is 25.2. The van der Waals surface area contributed by atoms with Gasteiger partial charge in [0.15, 0.2) is 5.82 Å². The maximum atomic E-state index is 13.6. The molecule has 1 heterocycles. The Hall–Kier alpha value is -2.04. The van der Waals surface area contributed by atoms with Crippen LogP contribution in [0.4, 0.5) is 5.82 Å². The van der Waals surface area contributed by atoms with Crippen molar-refractivity contribution >= 4 is 13.4 Å². The fraction of sp³-hybridized carbons (Fsp3) is 0.450. The van der Waals surface area contributed by atoms with Gasteiger partial charge < -0.3 is 9.63 Å². The fourth-order valence-electron chi connectivity index (χ4n) is 2.86. The summed E-state index contributed by atoms with van der Waals surface area (Å²) in [5.74, 6) is 1.13. The maximum absolute atomic E-state index is 13.6. The third-order valence-electron chi connectivity index (χ3n) is 4.83. The summed E-state index contributed by atoms with van der Waals surface area (Å²) in [7, 11) is -3.54. The van der Waals surface area contributed by atoms with Gasteiger partial charge in [-0.2, -0.15) is 4.62 Å². The number of aromatic hydroxyl groups is 1. The number of anilines is 1. The summed E-state index contributed by atoms with van der Waals surface area (Å²) in [6.45, 7) is 11.4. The zero-order valence-electron chi connectivity index (χ0n) is 16.9. The highest BCUT2D eigenvalue weighted by Gasteiger charge is 2.36. The van der Waals surface area contributed by atoms with E-state index in [-0.39, 0.29) is 11.4 Å². The topological polar surface area (TPSA) is 80.7 Å². The Morgan fingerprint density at radius 1 is 1.11 bits per heavy atom. The second-order valence-electron chi connectivity index (χ2n) is 6.80. The van der Waals surface area contributed by atoms with Gasteiger partial charge in [0.05, 0.1) is 5.66 Å². The number of rotatable bonds is 8. The van der Waals surface area contributed by atoms with Crippen molar-refractivity contribution in [2.75, 3.05) is 5.48 Å². The highest BCUT2D eigenvalue weighted by atomic mass is 31.2. The SMILES string of the molecule is CCC(CC)P(=O)(ONc1nccc(C)c1C)Oc1cc(C)c(O)c(C)c1. The molecule has 0 aliphatic rings. The first-order valence-corrected chi connectivity index (χ1v) is 10.8. The molecule has 0 aliphatic heterocycles. The molecule has 1 aromatic heterocycles. The van der Waals surface area contributed by atoms with E-state index in [0.29, 0.717) is 35.5 Å². The summed E-state index contributed by atoms with van der Waals surface area (Å²) in [6.07, 6.45) is 2.96. The number of hydrogen-bond donors (Lipinski definition) is 2. The zero-order chi connectivity index (χ0) is 20.2. The van der Waals surface area contributed by atoms with Crippen LogP contribution in [-0.4, -0.2) is 15.7 Å². The molecule has 2 rings (SSSR count). The molecular weight excluding hydrogens is 363 g/mol. The van der Waals surface area contributed by atoms with E-state index in [0.717, 1.165) is 11.1 Å². The fourth-order valence-corrected chi connectivity index (χ4v) is 4.70. The molecule has 148 valence electrons. The smallest absolute Gasteiger partial charge is 0.403 e. The molecule has 2 N–H and O–H groups in total. The molecule has 7 heteroatoms. The monoisotopic (exact) mass is 392 g/mol. The lowest BCUT2D eigenvalue weighted by Gasteiger charge is -2.26. The van der Waals surface area contributed by atoms with E-state index in [9.17, 15) is 9.67 Å². The second kappa shape index (κ2) is 8.77. The second-order valence-corrected chi connectivity index (χ2v) is 8.98. The Morgan fingerprint density at radius 3 is 2.26 bits per heavy atom. The predicted octanol–water partition coefficient (Wildman–Crippen LogP) is 5.83. The van der Waals surface area contributed by atoms with Crippen molar-refractivity contribution in [1.82, 2.24) is 4.98 Å². The van der Waals surface area contributed by atoms with Crippen LogP contribution in [0.3, 0.4) is 0 Å². The summed E-state index contributed by atoms with van der Waals surface area (Å²) in [4.78, 5) is 4.25. The third-order valence-corrected chi connectivity index (χ3v) is 7.27. The number of nitrogens with one attached hydrogen (secondary N) is 1. The van der Waals surface area contributed by atoms with Crippen LogP contribution in [0.15, 0.2) is 24.4 Å². The summed E-state index contributed by atoms with van der Waals surface area (Å²) in [5.41, 5.74) is 5.77. The van der Waals surface area contributed by atoms with Crippen molar-refractivity contribution in [2.24, 2.45) is 0 Å². The molecule has 0 saturated heterocycles. The number of aryl methyl sites for hydroxylation is 3. The van der Waals surface area contributed by atoms with Gasteiger partial charge >= 0.3 is 7.60 Å². The van der Waals surface area contributed by atoms with Gasteiger partial charge in [0.1, 0.15) is 11.5 Å². The average Bonchev–Trinajstić information content (AvgIpc) is 2.62. The van der Waals surface area contributed by atoms with Crippen LogP contribution in [0, 0.1) is 27.7 Å².